The molecule has 0 radical (unpaired) electrons. The van der Waals surface area contributed by atoms with Gasteiger partial charge < -0.3 is 4.57 Å². The molecule has 0 spiro atoms. The monoisotopic (exact) mass is 357 g/mol. The molecule has 4 nitrogen and oxygen atoms in total. The first kappa shape index (κ1) is 16.5. The van der Waals surface area contributed by atoms with Crippen molar-refractivity contribution in [1.29, 1.82) is 0 Å². The lowest BCUT2D eigenvalue weighted by molar-refractivity contribution is 0.0959. The number of aryl methyl sites for hydroxylation is 1. The SMILES string of the molecule is Cc1cc(/C=N/NC(=O)c2cccs2)c(C)n1-c1cccc(Cl)c1. The van der Waals surface area contributed by atoms with Gasteiger partial charge in [0.1, 0.15) is 0 Å². The van der Waals surface area contributed by atoms with Gasteiger partial charge in [0.25, 0.3) is 5.91 Å². The van der Waals surface area contributed by atoms with Crippen LogP contribution in [0.15, 0.2) is 52.9 Å². The van der Waals surface area contributed by atoms with E-state index in [0.29, 0.717) is 9.90 Å². The zero-order chi connectivity index (χ0) is 17.1. The molecule has 0 aliphatic heterocycles. The average molecular weight is 358 g/mol. The molecule has 1 N–H and O–H groups in total. The van der Waals surface area contributed by atoms with Crippen LogP contribution in [0.5, 0.6) is 0 Å². The average Bonchev–Trinajstić information content (AvgIpc) is 3.16. The van der Waals surface area contributed by atoms with Gasteiger partial charge in [-0.1, -0.05) is 23.7 Å². The number of amides is 1. The van der Waals surface area contributed by atoms with Crippen molar-refractivity contribution in [3.63, 3.8) is 0 Å². The topological polar surface area (TPSA) is 46.4 Å². The number of hydrazone groups is 1. The molecule has 6 heteroatoms. The molecule has 2 heterocycles. The predicted octanol–water partition coefficient (Wildman–Crippen LogP) is 4.57. The van der Waals surface area contributed by atoms with Crippen molar-refractivity contribution in [3.8, 4) is 5.69 Å². The Bertz CT molecular complexity index is 897. The van der Waals surface area contributed by atoms with E-state index in [0.717, 1.165) is 22.6 Å². The molecule has 24 heavy (non-hydrogen) atoms. The number of halogens is 1. The second-order valence-electron chi connectivity index (χ2n) is 5.32. The lowest BCUT2D eigenvalue weighted by atomic mass is 10.2. The van der Waals surface area contributed by atoms with Gasteiger partial charge in [0, 0.05) is 27.7 Å². The van der Waals surface area contributed by atoms with E-state index in [1.54, 1.807) is 12.3 Å². The molecule has 3 aromatic rings. The van der Waals surface area contributed by atoms with Crippen LogP contribution in [0.1, 0.15) is 26.6 Å². The largest absolute Gasteiger partial charge is 0.318 e. The molecule has 122 valence electrons. The lowest BCUT2D eigenvalue weighted by Crippen LogP contribution is -2.16. The Morgan fingerprint density at radius 3 is 2.79 bits per heavy atom. The van der Waals surface area contributed by atoms with Gasteiger partial charge in [0.2, 0.25) is 0 Å². The summed E-state index contributed by atoms with van der Waals surface area (Å²) < 4.78 is 2.11. The molecule has 0 saturated carbocycles. The Morgan fingerprint density at radius 2 is 2.08 bits per heavy atom. The van der Waals surface area contributed by atoms with E-state index < -0.39 is 0 Å². The van der Waals surface area contributed by atoms with Gasteiger partial charge in [-0.25, -0.2) is 5.43 Å². The second kappa shape index (κ2) is 7.03. The summed E-state index contributed by atoms with van der Waals surface area (Å²) >= 11 is 7.47. The summed E-state index contributed by atoms with van der Waals surface area (Å²) in [5.74, 6) is -0.204. The molecule has 3 rings (SSSR count). The van der Waals surface area contributed by atoms with Gasteiger partial charge in [0.05, 0.1) is 11.1 Å². The number of rotatable bonds is 4. The van der Waals surface area contributed by atoms with E-state index in [-0.39, 0.29) is 5.91 Å². The highest BCUT2D eigenvalue weighted by molar-refractivity contribution is 7.12. The smallest absolute Gasteiger partial charge is 0.281 e. The van der Waals surface area contributed by atoms with Crippen molar-refractivity contribution in [2.24, 2.45) is 5.10 Å². The summed E-state index contributed by atoms with van der Waals surface area (Å²) in [6.07, 6.45) is 1.66. The van der Waals surface area contributed by atoms with Crippen LogP contribution < -0.4 is 5.43 Å². The van der Waals surface area contributed by atoms with E-state index in [4.69, 9.17) is 11.6 Å². The number of aromatic nitrogens is 1. The first-order valence-corrected chi connectivity index (χ1v) is 8.64. The van der Waals surface area contributed by atoms with Crippen LogP contribution in [0.3, 0.4) is 0 Å². The van der Waals surface area contributed by atoms with E-state index in [1.165, 1.54) is 11.3 Å². The van der Waals surface area contributed by atoms with E-state index in [9.17, 15) is 4.79 Å². The fourth-order valence-corrected chi connectivity index (χ4v) is 3.35. The van der Waals surface area contributed by atoms with Crippen LogP contribution in [0.4, 0.5) is 0 Å². The van der Waals surface area contributed by atoms with Crippen LogP contribution in [0.25, 0.3) is 5.69 Å². The highest BCUT2D eigenvalue weighted by Crippen LogP contribution is 2.22. The summed E-state index contributed by atoms with van der Waals surface area (Å²) in [6, 6.07) is 13.3. The van der Waals surface area contributed by atoms with Gasteiger partial charge >= 0.3 is 0 Å². The molecule has 0 unspecified atom stereocenters. The zero-order valence-electron chi connectivity index (χ0n) is 13.3. The summed E-state index contributed by atoms with van der Waals surface area (Å²) in [5.41, 5.74) is 6.59. The number of hydrogen-bond donors (Lipinski definition) is 1. The first-order valence-electron chi connectivity index (χ1n) is 7.38. The summed E-state index contributed by atoms with van der Waals surface area (Å²) in [4.78, 5) is 12.5. The lowest BCUT2D eigenvalue weighted by Gasteiger charge is -2.09. The van der Waals surface area contributed by atoms with Gasteiger partial charge in [-0.3, -0.25) is 4.79 Å². The van der Waals surface area contributed by atoms with Gasteiger partial charge in [-0.2, -0.15) is 5.10 Å². The van der Waals surface area contributed by atoms with Crippen molar-refractivity contribution in [3.05, 3.63) is 74.7 Å². The molecule has 1 aromatic carbocycles. The minimum absolute atomic E-state index is 0.204. The van der Waals surface area contributed by atoms with Gasteiger partial charge in [0.15, 0.2) is 0 Å². The van der Waals surface area contributed by atoms with Crippen molar-refractivity contribution < 1.29 is 4.79 Å². The Hall–Kier alpha value is -2.37. The maximum atomic E-state index is 11.9. The molecule has 0 saturated heterocycles. The van der Waals surface area contributed by atoms with Crippen LogP contribution >= 0.6 is 22.9 Å². The molecule has 1 amide bonds. The standard InChI is InChI=1S/C18H16ClN3OS/c1-12-9-14(11-20-21-18(23)17-7-4-8-24-17)13(2)22(12)16-6-3-5-15(19)10-16/h3-11H,1-2H3,(H,21,23)/b20-11+. The Kier molecular flexibility index (Phi) is 4.83. The van der Waals surface area contributed by atoms with Gasteiger partial charge in [-0.05, 0) is 49.6 Å². The quantitative estimate of drug-likeness (QED) is 0.539. The second-order valence-corrected chi connectivity index (χ2v) is 6.70. The third-order valence-corrected chi connectivity index (χ3v) is 4.76. The molecular formula is C18H16ClN3OS. The molecular weight excluding hydrogens is 342 g/mol. The minimum atomic E-state index is -0.204. The van der Waals surface area contributed by atoms with Crippen LogP contribution in [-0.4, -0.2) is 16.7 Å². The van der Waals surface area contributed by atoms with Crippen molar-refractivity contribution in [1.82, 2.24) is 9.99 Å². The van der Waals surface area contributed by atoms with Crippen LogP contribution in [-0.2, 0) is 0 Å². The molecule has 0 fully saturated rings. The Labute approximate surface area is 149 Å². The maximum Gasteiger partial charge on any atom is 0.281 e. The molecule has 0 atom stereocenters. The number of carbonyl (C=O) groups is 1. The molecule has 0 bridgehead atoms. The number of thiophene rings is 1. The number of benzene rings is 1. The van der Waals surface area contributed by atoms with Crippen molar-refractivity contribution in [2.45, 2.75) is 13.8 Å². The summed E-state index contributed by atoms with van der Waals surface area (Å²) in [6.45, 7) is 4.03. The number of hydrogen-bond acceptors (Lipinski definition) is 3. The fourth-order valence-electron chi connectivity index (χ4n) is 2.55. The normalized spacial score (nSPS) is 11.1. The molecule has 2 aromatic heterocycles. The third kappa shape index (κ3) is 3.42. The highest BCUT2D eigenvalue weighted by atomic mass is 35.5. The Balaban J connectivity index is 1.81. The Morgan fingerprint density at radius 1 is 1.25 bits per heavy atom. The number of nitrogens with zero attached hydrogens (tertiary/aromatic N) is 2. The van der Waals surface area contributed by atoms with Crippen LogP contribution in [0.2, 0.25) is 5.02 Å². The summed E-state index contributed by atoms with van der Waals surface area (Å²) in [5, 5.41) is 6.62. The van der Waals surface area contributed by atoms with Gasteiger partial charge in [-0.15, -0.1) is 11.3 Å². The first-order chi connectivity index (χ1) is 11.6. The molecule has 0 aliphatic carbocycles. The van der Waals surface area contributed by atoms with Crippen LogP contribution in [0, 0.1) is 13.8 Å². The minimum Gasteiger partial charge on any atom is -0.318 e. The number of nitrogens with one attached hydrogen (secondary N) is 1. The van der Waals surface area contributed by atoms with Crippen molar-refractivity contribution in [2.75, 3.05) is 0 Å². The third-order valence-electron chi connectivity index (χ3n) is 3.65. The fraction of sp³-hybridized carbons (Fsp3) is 0.111. The van der Waals surface area contributed by atoms with E-state index >= 15 is 0 Å². The predicted molar refractivity (Wildman–Crippen MR) is 99.6 cm³/mol. The highest BCUT2D eigenvalue weighted by Gasteiger charge is 2.10. The van der Waals surface area contributed by atoms with E-state index in [2.05, 4.69) is 15.1 Å². The number of carbonyl (C=O) groups excluding carboxylic acids is 1. The van der Waals surface area contributed by atoms with Crippen molar-refractivity contribution >= 4 is 35.1 Å². The maximum absolute atomic E-state index is 11.9. The molecule has 0 aliphatic rings. The zero-order valence-corrected chi connectivity index (χ0v) is 14.9. The van der Waals surface area contributed by atoms with E-state index in [1.807, 2.05) is 55.6 Å². The summed E-state index contributed by atoms with van der Waals surface area (Å²) in [7, 11) is 0.